The summed E-state index contributed by atoms with van der Waals surface area (Å²) in [4.78, 5) is 70.5. The summed E-state index contributed by atoms with van der Waals surface area (Å²) < 4.78 is 34.4. The number of carbonyl (C=O) groups excluding carboxylic acids is 3. The van der Waals surface area contributed by atoms with Crippen molar-refractivity contribution in [2.45, 2.75) is 105 Å². The number of hydrogen-bond acceptors (Lipinski definition) is 14. The molecule has 3 aromatic carbocycles. The van der Waals surface area contributed by atoms with Crippen LogP contribution in [-0.4, -0.2) is 113 Å². The van der Waals surface area contributed by atoms with E-state index in [4.69, 9.17) is 38.4 Å². The van der Waals surface area contributed by atoms with E-state index in [1.54, 1.807) is 14.2 Å². The summed E-state index contributed by atoms with van der Waals surface area (Å²) in [7, 11) is 4.63. The molecule has 4 aliphatic rings. The second kappa shape index (κ2) is 25.8. The minimum Gasteiger partial charge on any atom is -0.487 e. The smallest absolute Gasteiger partial charge is 0.305 e. The van der Waals surface area contributed by atoms with Gasteiger partial charge < -0.3 is 43.7 Å². The van der Waals surface area contributed by atoms with E-state index in [2.05, 4.69) is 83.8 Å². The van der Waals surface area contributed by atoms with Crippen molar-refractivity contribution in [2.24, 2.45) is 0 Å². The third-order valence-electron chi connectivity index (χ3n) is 16.1. The maximum atomic E-state index is 14.9. The number of allylic oxidation sites excluding steroid dienone is 3. The van der Waals surface area contributed by atoms with Gasteiger partial charge in [0.1, 0.15) is 25.4 Å². The SMILES string of the molecule is CCCCN1C(=O)c2c3[nH]c(cc4nc(cc5nc(cc6[nH]c2c(c6C)C1=O)C(CC)=C5C)C(C(C)OCc1cccc(C#Cc2cccc(Nc5ncnc6cc(OCCOC)c(OCCOC)cc56)c2)c1)=C4C)C(C)[C@@H]3CCC(=O)OC. The molecule has 17 heteroatoms. The number of nitrogens with zero attached hydrogens (tertiary/aromatic N) is 5. The third kappa shape index (κ3) is 12.1. The number of carbonyl (C=O) groups is 3. The van der Waals surface area contributed by atoms with Gasteiger partial charge in [0, 0.05) is 89.8 Å². The van der Waals surface area contributed by atoms with Crippen molar-refractivity contribution in [1.82, 2.24) is 34.8 Å². The topological polar surface area (TPSA) is 205 Å². The van der Waals surface area contributed by atoms with Crippen LogP contribution in [0.15, 0.2) is 85.2 Å². The molecule has 17 nitrogen and oxygen atoms in total. The van der Waals surface area contributed by atoms with Gasteiger partial charge in [0.05, 0.1) is 78.0 Å². The maximum absolute atomic E-state index is 14.9. The van der Waals surface area contributed by atoms with E-state index in [1.165, 1.54) is 18.3 Å². The van der Waals surface area contributed by atoms with Crippen molar-refractivity contribution in [3.8, 4) is 23.3 Å². The van der Waals surface area contributed by atoms with Crippen molar-refractivity contribution >= 4 is 73.5 Å². The first-order valence-corrected chi connectivity index (χ1v) is 28.8. The lowest BCUT2D eigenvalue weighted by Gasteiger charge is -2.27. The van der Waals surface area contributed by atoms with E-state index < -0.39 is 6.10 Å². The Morgan fingerprint density at radius 3 is 2.20 bits per heavy atom. The number of benzene rings is 3. The van der Waals surface area contributed by atoms with Gasteiger partial charge in [0.25, 0.3) is 11.8 Å². The van der Waals surface area contributed by atoms with E-state index in [9.17, 15) is 14.4 Å². The highest BCUT2D eigenvalue weighted by Gasteiger charge is 2.40. The van der Waals surface area contributed by atoms with E-state index in [1.807, 2.05) is 80.6 Å². The lowest BCUT2D eigenvalue weighted by atomic mass is 9.84. The Bertz CT molecular complexity index is 3900. The van der Waals surface area contributed by atoms with Crippen LogP contribution in [0.3, 0.4) is 0 Å². The number of amides is 2. The fraction of sp³-hybridized carbons (Fsp3) is 0.358. The number of imide groups is 1. The van der Waals surface area contributed by atoms with E-state index >= 15 is 0 Å². The monoisotopic (exact) mass is 1130 g/mol. The molecule has 3 aromatic heterocycles. The molecule has 8 bridgehead atoms. The van der Waals surface area contributed by atoms with Crippen LogP contribution in [0.1, 0.15) is 163 Å². The molecule has 3 atom stereocenters. The van der Waals surface area contributed by atoms with Crippen molar-refractivity contribution in [1.29, 1.82) is 0 Å². The predicted octanol–water partition coefficient (Wildman–Crippen LogP) is 12.6. The average molecular weight is 1130 g/mol. The second-order valence-corrected chi connectivity index (χ2v) is 21.4. The highest BCUT2D eigenvalue weighted by atomic mass is 16.5. The number of anilines is 2. The maximum Gasteiger partial charge on any atom is 0.305 e. The zero-order valence-corrected chi connectivity index (χ0v) is 49.5. The van der Waals surface area contributed by atoms with Crippen LogP contribution in [-0.2, 0) is 30.3 Å². The summed E-state index contributed by atoms with van der Waals surface area (Å²) in [6.07, 6.45) is 3.84. The summed E-state index contributed by atoms with van der Waals surface area (Å²) >= 11 is 0. The number of aromatic amines is 2. The summed E-state index contributed by atoms with van der Waals surface area (Å²) in [6, 6.07) is 25.7. The number of aryl methyl sites for hydroxylation is 1. The fourth-order valence-electron chi connectivity index (χ4n) is 11.4. The Balaban J connectivity index is 0.960. The molecule has 0 aliphatic carbocycles. The number of ether oxygens (including phenoxy) is 6. The van der Waals surface area contributed by atoms with Crippen molar-refractivity contribution in [2.75, 3.05) is 59.6 Å². The number of hydrogen-bond donors (Lipinski definition) is 3. The first kappa shape index (κ1) is 58.5. The molecule has 3 N–H and O–H groups in total. The van der Waals surface area contributed by atoms with Crippen LogP contribution < -0.4 is 14.8 Å². The quantitative estimate of drug-likeness (QED) is 0.0265. The summed E-state index contributed by atoms with van der Waals surface area (Å²) in [5.74, 6) is 6.91. The molecular weight excluding hydrogens is 1060 g/mol. The molecule has 84 heavy (non-hydrogen) atoms. The van der Waals surface area contributed by atoms with E-state index in [0.717, 1.165) is 90.5 Å². The molecule has 0 saturated carbocycles. The van der Waals surface area contributed by atoms with Crippen molar-refractivity contribution < 1.29 is 42.8 Å². The molecule has 6 aromatic rings. The van der Waals surface area contributed by atoms with Gasteiger partial charge in [-0.05, 0) is 129 Å². The minimum absolute atomic E-state index is 0.142. The molecule has 10 rings (SSSR count). The Morgan fingerprint density at radius 2 is 1.48 bits per heavy atom. The molecule has 0 spiro atoms. The van der Waals surface area contributed by atoms with Gasteiger partial charge in [0.2, 0.25) is 0 Å². The normalized spacial score (nSPS) is 15.5. The Hall–Kier alpha value is -8.69. The van der Waals surface area contributed by atoms with Crippen LogP contribution in [0.2, 0.25) is 0 Å². The summed E-state index contributed by atoms with van der Waals surface area (Å²) in [5, 5.41) is 4.21. The Morgan fingerprint density at radius 1 is 0.774 bits per heavy atom. The van der Waals surface area contributed by atoms with Gasteiger partial charge in [0.15, 0.2) is 11.5 Å². The summed E-state index contributed by atoms with van der Waals surface area (Å²) in [6.45, 7) is 16.5. The van der Waals surface area contributed by atoms with Gasteiger partial charge in [-0.15, -0.1) is 0 Å². The lowest BCUT2D eigenvalue weighted by molar-refractivity contribution is -0.140. The molecule has 7 heterocycles. The number of unbranched alkanes of at least 4 members (excludes halogenated alkanes) is 1. The van der Waals surface area contributed by atoms with Crippen LogP contribution >= 0.6 is 0 Å². The Labute approximate surface area is 489 Å². The largest absolute Gasteiger partial charge is 0.487 e. The first-order chi connectivity index (χ1) is 40.7. The van der Waals surface area contributed by atoms with Crippen LogP contribution in [0, 0.1) is 18.8 Å². The minimum atomic E-state index is -0.406. The molecule has 0 radical (unpaired) electrons. The lowest BCUT2D eigenvalue weighted by Crippen LogP contribution is -2.41. The standard InChI is InChI=1S/C67H72N8O9/c1-11-13-24-75-66(77)61-41(6)53-33-55-47(12-2)38(3)50(71-55)34-56-60(40(5)52(72-56)32-51-39(4)48(22-23-59(76)81-10)63(73-51)62(67(75)78)64(61)74-53)42(7)84-36-45-18-14-16-43(29-45)20-21-44-17-15-19-46(30-44)70-65-49-31-57(82-27-25-79-8)58(83-28-26-80-9)35-54(49)68-37-69-65/h14-19,29-35,37,39,42,48,73-74H,11-13,22-28,36H2,1-10H3,(H,68,69,70)/t39?,42?,48-/m0/s1. The van der Waals surface area contributed by atoms with Gasteiger partial charge in [-0.3, -0.25) is 19.3 Å². The van der Waals surface area contributed by atoms with Gasteiger partial charge in [-0.2, -0.15) is 0 Å². The molecule has 0 fully saturated rings. The molecular formula is C67H72N8O9. The molecule has 434 valence electrons. The number of aromatic nitrogens is 6. The number of nitrogens with one attached hydrogen (secondary N) is 3. The van der Waals surface area contributed by atoms with Crippen molar-refractivity contribution in [3.63, 3.8) is 0 Å². The zero-order valence-electron chi connectivity index (χ0n) is 49.5. The van der Waals surface area contributed by atoms with Gasteiger partial charge in [-0.25, -0.2) is 19.9 Å². The number of rotatable bonds is 21. The number of H-pyrrole nitrogens is 2. The number of esters is 1. The molecule has 4 aliphatic heterocycles. The predicted molar refractivity (Wildman–Crippen MR) is 326 cm³/mol. The van der Waals surface area contributed by atoms with E-state index in [0.29, 0.717) is 103 Å². The number of methoxy groups -OCH3 is 3. The van der Waals surface area contributed by atoms with Gasteiger partial charge in [-0.1, -0.05) is 57.2 Å². The van der Waals surface area contributed by atoms with Crippen LogP contribution in [0.25, 0.3) is 44.2 Å². The second-order valence-electron chi connectivity index (χ2n) is 21.4. The fourth-order valence-corrected chi connectivity index (χ4v) is 11.4. The van der Waals surface area contributed by atoms with Crippen LogP contribution in [0.5, 0.6) is 11.5 Å². The highest BCUT2D eigenvalue weighted by molar-refractivity contribution is 6.23. The first-order valence-electron chi connectivity index (χ1n) is 28.8. The van der Waals surface area contributed by atoms with E-state index in [-0.39, 0.29) is 42.6 Å². The van der Waals surface area contributed by atoms with Crippen LogP contribution in [0.4, 0.5) is 11.5 Å². The van der Waals surface area contributed by atoms with Gasteiger partial charge >= 0.3 is 5.97 Å². The summed E-state index contributed by atoms with van der Waals surface area (Å²) in [5.41, 5.74) is 15.4. The highest BCUT2D eigenvalue weighted by Crippen LogP contribution is 2.45. The zero-order chi connectivity index (χ0) is 59.2. The Kier molecular flexibility index (Phi) is 18.0. The molecule has 0 saturated heterocycles. The average Bonchev–Trinajstić information content (AvgIpc) is 1.80. The number of fused-ring (bicyclic) bond motifs is 9. The molecule has 2 unspecified atom stereocenters. The molecule has 2 amide bonds. The van der Waals surface area contributed by atoms with Crippen molar-refractivity contribution in [3.05, 3.63) is 153 Å². The third-order valence-corrected chi connectivity index (χ3v) is 16.1.